The van der Waals surface area contributed by atoms with Crippen molar-refractivity contribution in [2.75, 3.05) is 34.7 Å². The first kappa shape index (κ1) is 92.3. The summed E-state index contributed by atoms with van der Waals surface area (Å²) in [6.45, 7) is 17.9. The van der Waals surface area contributed by atoms with Crippen molar-refractivity contribution < 1.29 is 142 Å². The van der Waals surface area contributed by atoms with Gasteiger partial charge in [-0.3, -0.25) is 14.4 Å². The van der Waals surface area contributed by atoms with E-state index in [9.17, 15) is 40.3 Å². The van der Waals surface area contributed by atoms with Crippen molar-refractivity contribution in [1.82, 2.24) is 0 Å². The Hall–Kier alpha value is -0.910. The van der Waals surface area contributed by atoms with Crippen LogP contribution in [0.15, 0.2) is 170 Å². The molecule has 0 radical (unpaired) electrons. The summed E-state index contributed by atoms with van der Waals surface area (Å²) in [6, 6.07) is 45.5. The standard InChI is InChI=1S/2C19H22BrNO4S2.C19H21BrNOS.C4H10.3Na.O3S.H3P/c2*1-19(2,18(22)21-14-6-8-15(26-3)9-7-14)12-17(20)13-4-10-16(11-5-13)27(23,24)25;1-19(2,13-17(20)14-7-5-4-6-8-14)18(22)21-15-9-11-16(23-3)12-10-15;1-4(2)3;;;;1-4(2)3;/h2*4-11,17H,12H2,1-3H3,(H,21,22)(H,23,24,25);5-12,17H,13H2,1-3H3,(H,21,22);4H,1-3H3;;;;;1H3/q;;-1;;3*+1;;/p-2. The van der Waals surface area contributed by atoms with E-state index in [-0.39, 0.29) is 141 Å². The number of hydrogen-bond donors (Lipinski definition) is 3. The van der Waals surface area contributed by atoms with Crippen molar-refractivity contribution in [2.45, 2.75) is 121 Å². The van der Waals surface area contributed by atoms with Crippen molar-refractivity contribution in [2.24, 2.45) is 22.2 Å². The fraction of sp³-hybridized carbons (Fsp3) is 0.361. The van der Waals surface area contributed by atoms with Gasteiger partial charge in [-0.2, -0.15) is 40.2 Å². The molecule has 0 fully saturated rings. The number of anilines is 3. The van der Waals surface area contributed by atoms with Gasteiger partial charge in [0.25, 0.3) is 0 Å². The maximum absolute atomic E-state index is 12.7. The topological polar surface area (TPSA) is 253 Å². The van der Waals surface area contributed by atoms with Crippen LogP contribution in [-0.4, -0.2) is 75.1 Å². The van der Waals surface area contributed by atoms with E-state index in [0.29, 0.717) is 19.3 Å². The number of amides is 3. The number of benzene rings is 6. The van der Waals surface area contributed by atoms with Crippen molar-refractivity contribution in [3.8, 4) is 0 Å². The second-order valence-electron chi connectivity index (χ2n) is 21.5. The average Bonchev–Trinajstić information content (AvgIpc) is 3.64. The third-order valence-electron chi connectivity index (χ3n) is 12.1. The van der Waals surface area contributed by atoms with Crippen LogP contribution < -0.4 is 105 Å². The van der Waals surface area contributed by atoms with Gasteiger partial charge >= 0.3 is 99.3 Å². The maximum Gasteiger partial charge on any atom is 1.00 e. The van der Waals surface area contributed by atoms with Gasteiger partial charge in [-0.05, 0) is 152 Å². The molecular weight excluding hydrogens is 1500 g/mol. The number of carbonyl (C=O) groups is 3. The second-order valence-corrected chi connectivity index (χ2v) is 30.7. The quantitative estimate of drug-likeness (QED) is 0.0173. The number of thioether (sulfide) groups is 3. The molecule has 472 valence electrons. The van der Waals surface area contributed by atoms with Gasteiger partial charge in [0, 0.05) is 62.5 Å². The molecule has 6 aromatic rings. The molecule has 3 N–H and O–H groups in total. The van der Waals surface area contributed by atoms with Gasteiger partial charge < -0.3 is 25.1 Å². The zero-order valence-corrected chi connectivity index (χ0v) is 70.0. The number of nitrogens with one attached hydrogen (secondary N) is 3. The molecule has 0 aliphatic rings. The van der Waals surface area contributed by atoms with Crippen LogP contribution >= 0.6 is 93.0 Å². The minimum Gasteiger partial charge on any atom is -0.744 e. The van der Waals surface area contributed by atoms with Crippen LogP contribution in [0.25, 0.3) is 0 Å². The Morgan fingerprint density at radius 1 is 0.461 bits per heavy atom. The van der Waals surface area contributed by atoms with Gasteiger partial charge in [0.05, 0.1) is 9.79 Å². The molecule has 0 bridgehead atoms. The number of halogens is 3. The molecule has 6 rings (SSSR count). The maximum atomic E-state index is 12.7. The van der Waals surface area contributed by atoms with E-state index >= 15 is 0 Å². The summed E-state index contributed by atoms with van der Waals surface area (Å²) < 4.78 is 91.5. The Morgan fingerprint density at radius 2 is 0.663 bits per heavy atom. The summed E-state index contributed by atoms with van der Waals surface area (Å²) >= 11 is 15.8. The molecule has 0 aromatic heterocycles. The summed E-state index contributed by atoms with van der Waals surface area (Å²) in [6.07, 6.45) is 7.72. The minimum absolute atomic E-state index is 0. The van der Waals surface area contributed by atoms with E-state index in [4.69, 9.17) is 12.6 Å². The van der Waals surface area contributed by atoms with Gasteiger partial charge in [-0.1, -0.05) is 134 Å². The van der Waals surface area contributed by atoms with Crippen molar-refractivity contribution >= 4 is 159 Å². The van der Waals surface area contributed by atoms with Crippen LogP contribution in [0.5, 0.6) is 0 Å². The summed E-state index contributed by atoms with van der Waals surface area (Å²) in [7, 11) is -12.0. The predicted octanol–water partition coefficient (Wildman–Crippen LogP) is 7.04. The molecule has 4 atom stereocenters. The second kappa shape index (κ2) is 44.8. The molecule has 0 saturated carbocycles. The molecule has 0 saturated heterocycles. The molecule has 0 aliphatic heterocycles. The number of alkyl halides is 3. The van der Waals surface area contributed by atoms with Gasteiger partial charge in [0.2, 0.25) is 17.7 Å². The van der Waals surface area contributed by atoms with Gasteiger partial charge in [-0.15, -0.1) is 53.5 Å². The molecule has 0 spiro atoms. The van der Waals surface area contributed by atoms with E-state index in [2.05, 4.69) is 90.6 Å². The third-order valence-corrected chi connectivity index (χ3v) is 18.6. The predicted molar refractivity (Wildman–Crippen MR) is 366 cm³/mol. The molecule has 89 heavy (non-hydrogen) atoms. The van der Waals surface area contributed by atoms with Crippen LogP contribution in [0.4, 0.5) is 17.1 Å². The molecule has 6 aromatic carbocycles. The summed E-state index contributed by atoms with van der Waals surface area (Å²) in [5, 5.41) is 8.87. The van der Waals surface area contributed by atoms with Crippen LogP contribution in [0.2, 0.25) is 0 Å². The number of carbonyl (C=O) groups excluding carboxylic acids is 3. The minimum atomic E-state index is -4.46. The van der Waals surface area contributed by atoms with Crippen molar-refractivity contribution in [3.05, 3.63) is 168 Å². The van der Waals surface area contributed by atoms with E-state index in [1.165, 1.54) is 29.2 Å². The largest absolute Gasteiger partial charge is 1.00 e. The van der Waals surface area contributed by atoms with E-state index in [1.807, 2.05) is 157 Å². The van der Waals surface area contributed by atoms with Crippen molar-refractivity contribution in [1.29, 1.82) is 0 Å². The van der Waals surface area contributed by atoms with E-state index < -0.39 is 47.1 Å². The molecule has 0 aliphatic carbocycles. The molecular formula is C61H76Br3N3Na3O12PS6. The number of rotatable bonds is 20. The Balaban J connectivity index is -0.00000115. The Morgan fingerprint density at radius 3 is 0.854 bits per heavy atom. The van der Waals surface area contributed by atoms with Crippen LogP contribution in [0, 0.1) is 28.2 Å². The summed E-state index contributed by atoms with van der Waals surface area (Å²) in [4.78, 5) is 40.7. The Bertz CT molecular complexity index is 3260. The fourth-order valence-corrected chi connectivity index (χ4v) is 12.7. The van der Waals surface area contributed by atoms with Gasteiger partial charge in [-0.25, -0.2) is 16.8 Å². The van der Waals surface area contributed by atoms with Gasteiger partial charge in [0.15, 0.2) is 0 Å². The Labute approximate surface area is 637 Å². The van der Waals surface area contributed by atoms with E-state index in [1.54, 1.807) is 59.6 Å². The zero-order chi connectivity index (χ0) is 64.5. The monoisotopic (exact) mass is 1570 g/mol. The molecule has 28 heteroatoms. The van der Waals surface area contributed by atoms with E-state index in [0.717, 1.165) is 49.5 Å². The first-order valence-corrected chi connectivity index (χ1v) is 36.3. The summed E-state index contributed by atoms with van der Waals surface area (Å²) in [5.41, 5.74) is 3.25. The third kappa shape index (κ3) is 36.1. The van der Waals surface area contributed by atoms with Crippen LogP contribution in [0.1, 0.15) is 113 Å². The average molecular weight is 1580 g/mol. The SMILES string of the molecule is CC(C)C.CSc1ccc(NC(=O)C(C)(C)CC(Br)c2cc[c-]cc2)cc1.CSc1ccc(NC(=O)C(C)(C)CC(Br)c2ccc(S(=O)(=O)[O-])cc2)cc1.CSc1ccc(NC(=O)C(C)(C)CC(Br)c2ccc(S(=O)(=O)[O-])cc2)cc1.O=S(=O)=O.P.[Na+].[Na+].[Na+]. The van der Waals surface area contributed by atoms with Crippen molar-refractivity contribution in [3.63, 3.8) is 0 Å². The first-order valence-electron chi connectivity index (χ1n) is 26.1. The number of hydrogen-bond acceptors (Lipinski definition) is 15. The fourth-order valence-electron chi connectivity index (χ4n) is 7.19. The van der Waals surface area contributed by atoms with Crippen LogP contribution in [0.3, 0.4) is 0 Å². The molecule has 4 unspecified atom stereocenters. The zero-order valence-electron chi connectivity index (χ0n) is 53.0. The summed E-state index contributed by atoms with van der Waals surface area (Å²) in [5.74, 6) is 0.645. The first-order chi connectivity index (χ1) is 39.4. The Kier molecular flexibility index (Phi) is 46.4. The normalized spacial score (nSPS) is 12.0. The molecule has 3 amide bonds. The molecule has 15 nitrogen and oxygen atoms in total. The molecule has 0 heterocycles. The van der Waals surface area contributed by atoms with Crippen LogP contribution in [-0.2, 0) is 45.2 Å². The smallest absolute Gasteiger partial charge is 0.744 e. The van der Waals surface area contributed by atoms with Gasteiger partial charge in [0.1, 0.15) is 20.2 Å².